The van der Waals surface area contributed by atoms with Gasteiger partial charge in [-0.3, -0.25) is 0 Å². The molecule has 0 aliphatic rings. The third kappa shape index (κ3) is 16.4. The lowest BCUT2D eigenvalue weighted by molar-refractivity contribution is 1.48. The Bertz CT molecular complexity index is 297. The summed E-state index contributed by atoms with van der Waals surface area (Å²) in [6.45, 7) is 12.2. The maximum atomic E-state index is 2.08. The Balaban J connectivity index is -0.000000205. The third-order valence-corrected chi connectivity index (χ3v) is 1.88. The van der Waals surface area contributed by atoms with Gasteiger partial charge in [-0.1, -0.05) is 107 Å². The zero-order valence-electron chi connectivity index (χ0n) is 12.8. The van der Waals surface area contributed by atoms with E-state index in [0.29, 0.717) is 0 Å². The maximum absolute atomic E-state index is 2.08. The van der Waals surface area contributed by atoms with Crippen LogP contribution in [0.25, 0.3) is 0 Å². The predicted molar refractivity (Wildman–Crippen MR) is 91.8 cm³/mol. The van der Waals surface area contributed by atoms with Crippen molar-refractivity contribution in [2.75, 3.05) is 0 Å². The van der Waals surface area contributed by atoms with Gasteiger partial charge in [-0.05, 0) is 13.8 Å². The van der Waals surface area contributed by atoms with Gasteiger partial charge in [0.2, 0.25) is 0 Å². The van der Waals surface area contributed by atoms with Crippen LogP contribution in [0, 0.1) is 13.8 Å². The minimum Gasteiger partial charge on any atom is -0.0776 e. The first-order valence-electron chi connectivity index (χ1n) is 6.82. The van der Waals surface area contributed by atoms with E-state index in [-0.39, 0.29) is 7.43 Å². The van der Waals surface area contributed by atoms with Crippen LogP contribution in [-0.4, -0.2) is 0 Å². The Kier molecular flexibility index (Phi) is 22.4. The van der Waals surface area contributed by atoms with Gasteiger partial charge >= 0.3 is 0 Å². The van der Waals surface area contributed by atoms with Crippen molar-refractivity contribution in [1.82, 2.24) is 0 Å². The molecule has 0 aromatic heterocycles. The van der Waals surface area contributed by atoms with Crippen molar-refractivity contribution in [3.63, 3.8) is 0 Å². The predicted octanol–water partition coefficient (Wildman–Crippen LogP) is 6.68. The van der Waals surface area contributed by atoms with Crippen LogP contribution >= 0.6 is 0 Å². The second-order valence-electron chi connectivity index (χ2n) is 3.31. The van der Waals surface area contributed by atoms with Gasteiger partial charge < -0.3 is 0 Å². The Labute approximate surface area is 121 Å². The second-order valence-corrected chi connectivity index (χ2v) is 3.31. The van der Waals surface area contributed by atoms with E-state index >= 15 is 0 Å². The quantitative estimate of drug-likeness (QED) is 0.495. The first kappa shape index (κ1) is 22.6. The number of aryl methyl sites for hydroxylation is 2. The first-order valence-corrected chi connectivity index (χ1v) is 6.82. The van der Waals surface area contributed by atoms with Gasteiger partial charge in [0.15, 0.2) is 0 Å². The van der Waals surface area contributed by atoms with Crippen molar-refractivity contribution in [3.05, 3.63) is 71.8 Å². The van der Waals surface area contributed by atoms with E-state index < -0.39 is 0 Å². The van der Waals surface area contributed by atoms with Crippen molar-refractivity contribution in [2.24, 2.45) is 0 Å². The number of benzene rings is 2. The van der Waals surface area contributed by atoms with Crippen LogP contribution in [-0.2, 0) is 0 Å². The summed E-state index contributed by atoms with van der Waals surface area (Å²) < 4.78 is 0. The normalized spacial score (nSPS) is 7.05. The molecule has 0 nitrogen and oxygen atoms in total. The van der Waals surface area contributed by atoms with Crippen LogP contribution in [0.1, 0.15) is 46.2 Å². The molecular formula is C19H32. The SMILES string of the molecule is C.CC.CC.Cc1ccccc1.Cc1ccccc1. The molecule has 0 atom stereocenters. The summed E-state index contributed by atoms with van der Waals surface area (Å²) in [4.78, 5) is 0. The summed E-state index contributed by atoms with van der Waals surface area (Å²) in [5.74, 6) is 0. The molecule has 0 amide bonds. The van der Waals surface area contributed by atoms with Gasteiger partial charge in [0.1, 0.15) is 0 Å². The lowest BCUT2D eigenvalue weighted by Crippen LogP contribution is -1.62. The van der Waals surface area contributed by atoms with E-state index in [1.807, 2.05) is 64.1 Å². The topological polar surface area (TPSA) is 0 Å². The van der Waals surface area contributed by atoms with Crippen LogP contribution in [0.3, 0.4) is 0 Å². The monoisotopic (exact) mass is 260 g/mol. The molecule has 0 fully saturated rings. The van der Waals surface area contributed by atoms with Crippen molar-refractivity contribution < 1.29 is 0 Å². The number of hydrogen-bond donors (Lipinski definition) is 0. The standard InChI is InChI=1S/2C7H8.2C2H6.CH4/c2*1-7-5-3-2-4-6-7;2*1-2;/h2*2-6H,1H3;2*1-2H3;1H4. The average molecular weight is 260 g/mol. The minimum atomic E-state index is 0. The van der Waals surface area contributed by atoms with Crippen LogP contribution < -0.4 is 0 Å². The molecule has 2 aromatic rings. The summed E-state index contributed by atoms with van der Waals surface area (Å²) >= 11 is 0. The molecule has 0 saturated heterocycles. The largest absolute Gasteiger partial charge is 0.0776 e. The van der Waals surface area contributed by atoms with E-state index in [9.17, 15) is 0 Å². The molecule has 0 aliphatic carbocycles. The summed E-state index contributed by atoms with van der Waals surface area (Å²) in [5, 5.41) is 0. The Morgan fingerprint density at radius 3 is 0.789 bits per heavy atom. The Hall–Kier alpha value is -1.56. The van der Waals surface area contributed by atoms with Crippen molar-refractivity contribution in [3.8, 4) is 0 Å². The van der Waals surface area contributed by atoms with E-state index in [1.165, 1.54) is 11.1 Å². The highest BCUT2D eigenvalue weighted by atomic mass is 13.8. The fourth-order valence-corrected chi connectivity index (χ4v) is 1.07. The fourth-order valence-electron chi connectivity index (χ4n) is 1.07. The summed E-state index contributed by atoms with van der Waals surface area (Å²) in [5.41, 5.74) is 2.64. The Morgan fingerprint density at radius 2 is 0.684 bits per heavy atom. The Morgan fingerprint density at radius 1 is 0.474 bits per heavy atom. The van der Waals surface area contributed by atoms with Gasteiger partial charge in [-0.25, -0.2) is 0 Å². The molecule has 0 heterocycles. The summed E-state index contributed by atoms with van der Waals surface area (Å²) in [6, 6.07) is 20.5. The highest BCUT2D eigenvalue weighted by Crippen LogP contribution is 1.92. The zero-order valence-corrected chi connectivity index (χ0v) is 12.8. The molecule has 0 unspecified atom stereocenters. The first-order chi connectivity index (χ1) is 8.79. The van der Waals surface area contributed by atoms with Crippen molar-refractivity contribution in [2.45, 2.75) is 49.0 Å². The summed E-state index contributed by atoms with van der Waals surface area (Å²) in [6.07, 6.45) is 0. The van der Waals surface area contributed by atoms with Gasteiger partial charge in [-0.2, -0.15) is 0 Å². The van der Waals surface area contributed by atoms with Crippen molar-refractivity contribution >= 4 is 0 Å². The maximum Gasteiger partial charge on any atom is -0.0398 e. The molecule has 0 radical (unpaired) electrons. The molecule has 0 heteroatoms. The highest BCUT2D eigenvalue weighted by Gasteiger charge is 1.72. The smallest absolute Gasteiger partial charge is 0.0398 e. The lowest BCUT2D eigenvalue weighted by Gasteiger charge is -1.82. The van der Waals surface area contributed by atoms with E-state index in [1.54, 1.807) is 0 Å². The molecule has 0 N–H and O–H groups in total. The van der Waals surface area contributed by atoms with E-state index in [4.69, 9.17) is 0 Å². The molecule has 19 heavy (non-hydrogen) atoms. The van der Waals surface area contributed by atoms with E-state index in [0.717, 1.165) is 0 Å². The van der Waals surface area contributed by atoms with Crippen LogP contribution in [0.2, 0.25) is 0 Å². The number of rotatable bonds is 0. The molecule has 0 aliphatic heterocycles. The molecule has 108 valence electrons. The molecule has 0 bridgehead atoms. The molecule has 0 saturated carbocycles. The second kappa shape index (κ2) is 18.8. The van der Waals surface area contributed by atoms with Gasteiger partial charge in [0.25, 0.3) is 0 Å². The fraction of sp³-hybridized carbons (Fsp3) is 0.368. The highest BCUT2D eigenvalue weighted by molar-refractivity contribution is 5.12. The third-order valence-electron chi connectivity index (χ3n) is 1.88. The van der Waals surface area contributed by atoms with E-state index in [2.05, 4.69) is 38.1 Å². The molecular weight excluding hydrogens is 228 g/mol. The van der Waals surface area contributed by atoms with Gasteiger partial charge in [-0.15, -0.1) is 0 Å². The molecule has 2 aromatic carbocycles. The van der Waals surface area contributed by atoms with Gasteiger partial charge in [0, 0.05) is 0 Å². The average Bonchev–Trinajstić information content (AvgIpc) is 2.46. The van der Waals surface area contributed by atoms with Crippen LogP contribution in [0.15, 0.2) is 60.7 Å². The number of hydrogen-bond acceptors (Lipinski definition) is 0. The zero-order chi connectivity index (χ0) is 14.2. The van der Waals surface area contributed by atoms with Crippen molar-refractivity contribution in [1.29, 1.82) is 0 Å². The van der Waals surface area contributed by atoms with Gasteiger partial charge in [0.05, 0.1) is 0 Å². The lowest BCUT2D eigenvalue weighted by atomic mass is 10.2. The minimum absolute atomic E-state index is 0. The molecule has 0 spiro atoms. The molecule has 2 rings (SSSR count). The van der Waals surface area contributed by atoms with Crippen LogP contribution in [0.5, 0.6) is 0 Å². The summed E-state index contributed by atoms with van der Waals surface area (Å²) in [7, 11) is 0. The van der Waals surface area contributed by atoms with Crippen LogP contribution in [0.4, 0.5) is 0 Å².